The molecule has 0 radical (unpaired) electrons. The van der Waals surface area contributed by atoms with Gasteiger partial charge < -0.3 is 5.11 Å². The normalized spacial score (nSPS) is 17.9. The van der Waals surface area contributed by atoms with E-state index in [-0.39, 0.29) is 0 Å². The lowest BCUT2D eigenvalue weighted by atomic mass is 10.1. The average Bonchev–Trinajstić information content (AvgIpc) is 2.81. The molecule has 0 aliphatic heterocycles. The second-order valence-electron chi connectivity index (χ2n) is 4.56. The molecule has 2 rings (SSSR count). The summed E-state index contributed by atoms with van der Waals surface area (Å²) in [5.74, 6) is 0. The van der Waals surface area contributed by atoms with Crippen LogP contribution < -0.4 is 0 Å². The minimum atomic E-state index is -0.466. The van der Waals surface area contributed by atoms with Crippen LogP contribution in [0.25, 0.3) is 0 Å². The second kappa shape index (κ2) is 5.57. The zero-order valence-electron chi connectivity index (χ0n) is 10.0. The second-order valence-corrected chi connectivity index (χ2v) is 5.91. The third-order valence-corrected chi connectivity index (χ3v) is 4.60. The van der Waals surface area contributed by atoms with Gasteiger partial charge in [-0.05, 0) is 37.5 Å². The van der Waals surface area contributed by atoms with Gasteiger partial charge in [0, 0.05) is 10.1 Å². The summed E-state index contributed by atoms with van der Waals surface area (Å²) in [6.07, 6.45) is 4.65. The summed E-state index contributed by atoms with van der Waals surface area (Å²) in [4.78, 5) is 1.07. The van der Waals surface area contributed by atoms with Crippen LogP contribution in [0.1, 0.15) is 49.8 Å². The lowest BCUT2D eigenvalue weighted by Crippen LogP contribution is -1.99. The van der Waals surface area contributed by atoms with Crippen LogP contribution in [0.4, 0.5) is 0 Å². The largest absolute Gasteiger partial charge is 0.389 e. The number of nitrogens with zero attached hydrogens (tertiary/aromatic N) is 1. The molecule has 1 aromatic rings. The number of hydrogen-bond acceptors (Lipinski definition) is 3. The fourth-order valence-electron chi connectivity index (χ4n) is 2.24. The summed E-state index contributed by atoms with van der Waals surface area (Å²) >= 11 is 1.82. The lowest BCUT2D eigenvalue weighted by Gasteiger charge is -2.15. The van der Waals surface area contributed by atoms with E-state index in [4.69, 9.17) is 5.26 Å². The van der Waals surface area contributed by atoms with Crippen LogP contribution in [0.15, 0.2) is 23.1 Å². The van der Waals surface area contributed by atoms with Gasteiger partial charge >= 0.3 is 0 Å². The van der Waals surface area contributed by atoms with E-state index in [2.05, 4.69) is 6.07 Å². The number of thioether (sulfide) groups is 1. The Kier molecular flexibility index (Phi) is 4.09. The summed E-state index contributed by atoms with van der Waals surface area (Å²) < 4.78 is 0. The van der Waals surface area contributed by atoms with Crippen LogP contribution in [-0.4, -0.2) is 10.4 Å². The van der Waals surface area contributed by atoms with E-state index in [9.17, 15) is 5.11 Å². The molecule has 1 N–H and O–H groups in total. The lowest BCUT2D eigenvalue weighted by molar-refractivity contribution is 0.196. The maximum absolute atomic E-state index is 9.75. The van der Waals surface area contributed by atoms with E-state index in [1.165, 1.54) is 25.7 Å². The zero-order valence-corrected chi connectivity index (χ0v) is 10.8. The molecule has 1 atom stereocenters. The predicted octanol–water partition coefficient (Wildman–Crippen LogP) is 3.65. The van der Waals surface area contributed by atoms with E-state index in [1.807, 2.05) is 23.9 Å². The van der Waals surface area contributed by atoms with Crippen molar-refractivity contribution in [2.45, 2.75) is 48.9 Å². The zero-order chi connectivity index (χ0) is 12.3. The van der Waals surface area contributed by atoms with Crippen LogP contribution in [0.5, 0.6) is 0 Å². The van der Waals surface area contributed by atoms with Gasteiger partial charge in [-0.2, -0.15) is 5.26 Å². The molecule has 0 bridgehead atoms. The maximum atomic E-state index is 9.75. The third-order valence-electron chi connectivity index (χ3n) is 3.19. The Morgan fingerprint density at radius 1 is 1.41 bits per heavy atom. The van der Waals surface area contributed by atoms with Crippen molar-refractivity contribution >= 4 is 11.8 Å². The summed E-state index contributed by atoms with van der Waals surface area (Å²) in [6, 6.07) is 7.73. The summed E-state index contributed by atoms with van der Waals surface area (Å²) in [6.45, 7) is 1.78. The van der Waals surface area contributed by atoms with E-state index >= 15 is 0 Å². The molecular formula is C14H17NOS. The first kappa shape index (κ1) is 12.5. The fourth-order valence-corrected chi connectivity index (χ4v) is 3.73. The van der Waals surface area contributed by atoms with Gasteiger partial charge in [0.05, 0.1) is 17.7 Å². The molecular weight excluding hydrogens is 230 g/mol. The van der Waals surface area contributed by atoms with Gasteiger partial charge in [0.15, 0.2) is 0 Å². The Morgan fingerprint density at radius 3 is 2.71 bits per heavy atom. The topological polar surface area (TPSA) is 44.0 Å². The van der Waals surface area contributed by atoms with Crippen LogP contribution in [0.3, 0.4) is 0 Å². The Hall–Kier alpha value is -0.980. The Labute approximate surface area is 107 Å². The standard InChI is InChI=1S/C14H17NOS/c1-10(16)13-7-6-11(9-15)8-14(13)17-12-4-2-3-5-12/h6-8,10,12,16H,2-5H2,1H3/t10-/m0/s1. The quantitative estimate of drug-likeness (QED) is 0.886. The molecule has 0 unspecified atom stereocenters. The van der Waals surface area contributed by atoms with Crippen LogP contribution >= 0.6 is 11.8 Å². The Bertz CT molecular complexity index is 430. The van der Waals surface area contributed by atoms with Gasteiger partial charge in [0.25, 0.3) is 0 Å². The van der Waals surface area contributed by atoms with Crippen molar-refractivity contribution in [3.63, 3.8) is 0 Å². The molecule has 1 aliphatic carbocycles. The molecule has 17 heavy (non-hydrogen) atoms. The van der Waals surface area contributed by atoms with Crippen molar-refractivity contribution in [3.05, 3.63) is 29.3 Å². The molecule has 1 aromatic carbocycles. The van der Waals surface area contributed by atoms with Crippen molar-refractivity contribution in [1.82, 2.24) is 0 Å². The van der Waals surface area contributed by atoms with Crippen LogP contribution in [-0.2, 0) is 0 Å². The van der Waals surface area contributed by atoms with Gasteiger partial charge in [-0.3, -0.25) is 0 Å². The molecule has 0 heterocycles. The highest BCUT2D eigenvalue weighted by atomic mass is 32.2. The minimum Gasteiger partial charge on any atom is -0.389 e. The first-order valence-corrected chi connectivity index (χ1v) is 6.97. The molecule has 1 aliphatic rings. The van der Waals surface area contributed by atoms with Gasteiger partial charge in [0.2, 0.25) is 0 Å². The van der Waals surface area contributed by atoms with Gasteiger partial charge in [-0.1, -0.05) is 18.9 Å². The third kappa shape index (κ3) is 3.02. The fraction of sp³-hybridized carbons (Fsp3) is 0.500. The Morgan fingerprint density at radius 2 is 2.12 bits per heavy atom. The highest BCUT2D eigenvalue weighted by Crippen LogP contribution is 2.38. The van der Waals surface area contributed by atoms with Crippen LogP contribution in [0.2, 0.25) is 0 Å². The van der Waals surface area contributed by atoms with Gasteiger partial charge in [-0.15, -0.1) is 11.8 Å². The van der Waals surface area contributed by atoms with Gasteiger partial charge in [0.1, 0.15) is 0 Å². The van der Waals surface area contributed by atoms with Crippen molar-refractivity contribution in [1.29, 1.82) is 5.26 Å². The molecule has 0 amide bonds. The predicted molar refractivity (Wildman–Crippen MR) is 69.9 cm³/mol. The molecule has 0 saturated heterocycles. The SMILES string of the molecule is C[C@H](O)c1ccc(C#N)cc1SC1CCCC1. The Balaban J connectivity index is 2.25. The maximum Gasteiger partial charge on any atom is 0.0992 e. The summed E-state index contributed by atoms with van der Waals surface area (Å²) in [5.41, 5.74) is 1.62. The summed E-state index contributed by atoms with van der Waals surface area (Å²) in [5, 5.41) is 19.3. The van der Waals surface area contributed by atoms with Crippen molar-refractivity contribution in [2.75, 3.05) is 0 Å². The molecule has 90 valence electrons. The number of aliphatic hydroxyl groups is 1. The monoisotopic (exact) mass is 247 g/mol. The van der Waals surface area contributed by atoms with E-state index in [0.29, 0.717) is 10.8 Å². The first-order valence-electron chi connectivity index (χ1n) is 6.09. The van der Waals surface area contributed by atoms with Gasteiger partial charge in [-0.25, -0.2) is 0 Å². The number of hydrogen-bond donors (Lipinski definition) is 1. The number of rotatable bonds is 3. The highest BCUT2D eigenvalue weighted by Gasteiger charge is 2.19. The van der Waals surface area contributed by atoms with Crippen LogP contribution in [0, 0.1) is 11.3 Å². The average molecular weight is 247 g/mol. The van der Waals surface area contributed by atoms with Crippen molar-refractivity contribution in [2.24, 2.45) is 0 Å². The molecule has 0 aromatic heterocycles. The number of nitriles is 1. The van der Waals surface area contributed by atoms with E-state index in [0.717, 1.165) is 10.5 Å². The number of benzene rings is 1. The first-order chi connectivity index (χ1) is 8.20. The molecule has 0 spiro atoms. The molecule has 3 heteroatoms. The molecule has 1 saturated carbocycles. The smallest absolute Gasteiger partial charge is 0.0992 e. The number of aliphatic hydroxyl groups excluding tert-OH is 1. The van der Waals surface area contributed by atoms with Crippen molar-refractivity contribution < 1.29 is 5.11 Å². The highest BCUT2D eigenvalue weighted by molar-refractivity contribution is 8.00. The molecule has 2 nitrogen and oxygen atoms in total. The molecule has 1 fully saturated rings. The van der Waals surface area contributed by atoms with Crippen molar-refractivity contribution in [3.8, 4) is 6.07 Å². The van der Waals surface area contributed by atoms with E-state index < -0.39 is 6.10 Å². The minimum absolute atomic E-state index is 0.466. The summed E-state index contributed by atoms with van der Waals surface area (Å²) in [7, 11) is 0. The van der Waals surface area contributed by atoms with E-state index in [1.54, 1.807) is 13.0 Å².